The van der Waals surface area contributed by atoms with Gasteiger partial charge in [-0.25, -0.2) is 19.2 Å². The Labute approximate surface area is 260 Å². The molecule has 230 valence electrons. The van der Waals surface area contributed by atoms with Crippen LogP contribution >= 0.6 is 0 Å². The smallest absolute Gasteiger partial charge is 0.349 e. The first-order chi connectivity index (χ1) is 21.8. The van der Waals surface area contributed by atoms with E-state index in [0.717, 1.165) is 43.0 Å². The average Bonchev–Trinajstić information content (AvgIpc) is 3.56. The minimum absolute atomic E-state index is 0.150. The molecule has 0 saturated carbocycles. The van der Waals surface area contributed by atoms with Crippen molar-refractivity contribution in [2.75, 3.05) is 49.5 Å². The van der Waals surface area contributed by atoms with E-state index >= 15 is 0 Å². The van der Waals surface area contributed by atoms with Crippen LogP contribution in [0.2, 0.25) is 0 Å². The fourth-order valence-corrected chi connectivity index (χ4v) is 4.07. The van der Waals surface area contributed by atoms with Gasteiger partial charge < -0.3 is 18.9 Å². The molecule has 1 aliphatic heterocycles. The highest BCUT2D eigenvalue weighted by molar-refractivity contribution is 5.98. The Kier molecular flexibility index (Phi) is 12.7. The third kappa shape index (κ3) is 9.98. The number of esters is 4. The second-order valence-electron chi connectivity index (χ2n) is 9.14. The number of carbonyl (C=O) groups is 4. The van der Waals surface area contributed by atoms with E-state index in [2.05, 4.69) is 23.2 Å². The molecule has 2 aromatic rings. The Morgan fingerprint density at radius 3 is 1.33 bits per heavy atom. The summed E-state index contributed by atoms with van der Waals surface area (Å²) in [6, 6.07) is 18.3. The average molecular weight is 611 g/mol. The summed E-state index contributed by atoms with van der Waals surface area (Å²) in [5.41, 5.74) is 2.64. The number of hydrogen-bond donors (Lipinski definition) is 0. The Bertz CT molecular complexity index is 1450. The van der Waals surface area contributed by atoms with E-state index < -0.39 is 23.9 Å². The number of nitriles is 2. The van der Waals surface area contributed by atoms with Gasteiger partial charge in [-0.3, -0.25) is 10.0 Å². The topological polar surface area (TPSA) is 159 Å². The van der Waals surface area contributed by atoms with Crippen LogP contribution in [0.3, 0.4) is 0 Å². The third-order valence-corrected chi connectivity index (χ3v) is 6.17. The van der Waals surface area contributed by atoms with Crippen LogP contribution in [0.1, 0.15) is 17.5 Å². The van der Waals surface area contributed by atoms with Crippen molar-refractivity contribution in [3.05, 3.63) is 96.1 Å². The molecule has 2 aromatic carbocycles. The van der Waals surface area contributed by atoms with E-state index in [0.29, 0.717) is 11.1 Å². The minimum atomic E-state index is -0.828. The zero-order valence-corrected chi connectivity index (χ0v) is 24.3. The number of nitrogens with zero attached hydrogens (tertiary/aromatic N) is 4. The normalized spacial score (nSPS) is 12.8. The van der Waals surface area contributed by atoms with Crippen molar-refractivity contribution in [1.29, 1.82) is 10.5 Å². The Hall–Kier alpha value is -6.14. The number of anilines is 2. The first-order valence-corrected chi connectivity index (χ1v) is 13.7. The van der Waals surface area contributed by atoms with Crippen molar-refractivity contribution in [2.24, 2.45) is 0 Å². The van der Waals surface area contributed by atoms with Crippen LogP contribution in [0, 0.1) is 22.7 Å². The van der Waals surface area contributed by atoms with Gasteiger partial charge in [0.05, 0.1) is 11.4 Å². The van der Waals surface area contributed by atoms with Gasteiger partial charge >= 0.3 is 23.9 Å². The van der Waals surface area contributed by atoms with E-state index in [1.165, 1.54) is 12.2 Å². The number of benzene rings is 2. The summed E-state index contributed by atoms with van der Waals surface area (Å²) >= 11 is 0. The number of carbonyl (C=O) groups excluding carboxylic acids is 4. The maximum Gasteiger partial charge on any atom is 0.349 e. The molecule has 1 fully saturated rings. The zero-order valence-electron chi connectivity index (χ0n) is 24.3. The summed E-state index contributed by atoms with van der Waals surface area (Å²) in [6.07, 6.45) is 5.73. The molecule has 0 spiro atoms. The predicted octanol–water partition coefficient (Wildman–Crippen LogP) is 3.68. The lowest BCUT2D eigenvalue weighted by atomic mass is 10.1. The predicted molar refractivity (Wildman–Crippen MR) is 164 cm³/mol. The molecule has 0 N–H and O–H groups in total. The molecule has 12 nitrogen and oxygen atoms in total. The largest absolute Gasteiger partial charge is 0.459 e. The highest BCUT2D eigenvalue weighted by Crippen LogP contribution is 2.28. The van der Waals surface area contributed by atoms with Gasteiger partial charge in [0.1, 0.15) is 49.7 Å². The highest BCUT2D eigenvalue weighted by atomic mass is 16.6. The van der Waals surface area contributed by atoms with Crippen LogP contribution in [0.4, 0.5) is 11.4 Å². The van der Waals surface area contributed by atoms with Crippen molar-refractivity contribution in [3.63, 3.8) is 0 Å². The van der Waals surface area contributed by atoms with Crippen molar-refractivity contribution < 1.29 is 38.1 Å². The lowest BCUT2D eigenvalue weighted by Gasteiger charge is -2.31. The molecular weight excluding hydrogens is 580 g/mol. The van der Waals surface area contributed by atoms with E-state index in [4.69, 9.17) is 18.9 Å². The molecule has 0 aromatic heterocycles. The number of hydrazine groups is 1. The van der Waals surface area contributed by atoms with Crippen molar-refractivity contribution >= 4 is 47.4 Å². The Morgan fingerprint density at radius 1 is 0.644 bits per heavy atom. The molecule has 1 heterocycles. The molecule has 45 heavy (non-hydrogen) atoms. The monoisotopic (exact) mass is 610 g/mol. The van der Waals surface area contributed by atoms with Crippen molar-refractivity contribution in [3.8, 4) is 12.1 Å². The van der Waals surface area contributed by atoms with E-state index in [9.17, 15) is 29.7 Å². The molecule has 0 amide bonds. The maximum atomic E-state index is 12.2. The first-order valence-electron chi connectivity index (χ1n) is 13.7. The molecule has 0 aliphatic carbocycles. The molecule has 0 unspecified atom stereocenters. The van der Waals surface area contributed by atoms with Crippen LogP contribution in [-0.2, 0) is 38.1 Å². The van der Waals surface area contributed by atoms with Crippen molar-refractivity contribution in [2.45, 2.75) is 6.42 Å². The highest BCUT2D eigenvalue weighted by Gasteiger charge is 2.23. The van der Waals surface area contributed by atoms with Crippen LogP contribution in [0.15, 0.2) is 85.0 Å². The molecule has 1 aliphatic rings. The molecule has 1 saturated heterocycles. The lowest BCUT2D eigenvalue weighted by Crippen LogP contribution is -2.36. The van der Waals surface area contributed by atoms with E-state index in [-0.39, 0.29) is 37.6 Å². The SMILES string of the molecule is C=CC(=O)OCCOC(=O)/C(C#N)=C/c1ccc(N2CCCN2c2ccc(/C=C(\C#N)C(=O)OCCOC(=O)C=C)cc2)cc1. The molecule has 0 atom stereocenters. The Balaban J connectivity index is 1.62. The van der Waals surface area contributed by atoms with Gasteiger partial charge in [0.15, 0.2) is 0 Å². The van der Waals surface area contributed by atoms with E-state index in [1.54, 1.807) is 24.3 Å². The van der Waals surface area contributed by atoms with Gasteiger partial charge in [0.2, 0.25) is 0 Å². The summed E-state index contributed by atoms with van der Waals surface area (Å²) in [4.78, 5) is 46.6. The van der Waals surface area contributed by atoms with Gasteiger partial charge in [-0.1, -0.05) is 37.4 Å². The van der Waals surface area contributed by atoms with Gasteiger partial charge in [0.25, 0.3) is 0 Å². The summed E-state index contributed by atoms with van der Waals surface area (Å²) in [7, 11) is 0. The number of rotatable bonds is 14. The second-order valence-corrected chi connectivity index (χ2v) is 9.14. The van der Waals surface area contributed by atoms with Crippen LogP contribution in [0.25, 0.3) is 12.2 Å². The summed E-state index contributed by atoms with van der Waals surface area (Å²) < 4.78 is 19.5. The quantitative estimate of drug-likeness (QED) is 0.101. The zero-order chi connectivity index (χ0) is 32.6. The van der Waals surface area contributed by atoms with Crippen LogP contribution in [0.5, 0.6) is 0 Å². The number of ether oxygens (including phenoxy) is 4. The van der Waals surface area contributed by atoms with Crippen molar-refractivity contribution in [1.82, 2.24) is 0 Å². The second kappa shape index (κ2) is 17.1. The number of hydrogen-bond acceptors (Lipinski definition) is 12. The lowest BCUT2D eigenvalue weighted by molar-refractivity contribution is -0.146. The molecule has 0 radical (unpaired) electrons. The van der Waals surface area contributed by atoms with Gasteiger partial charge in [-0.05, 0) is 54.0 Å². The van der Waals surface area contributed by atoms with Crippen LogP contribution in [-0.4, -0.2) is 63.4 Å². The molecule has 3 rings (SSSR count). The Morgan fingerprint density at radius 2 is 1.00 bits per heavy atom. The fraction of sp³-hybridized carbons (Fsp3) is 0.212. The minimum Gasteiger partial charge on any atom is -0.459 e. The summed E-state index contributed by atoms with van der Waals surface area (Å²) in [5.74, 6) is -2.93. The third-order valence-electron chi connectivity index (χ3n) is 6.17. The standard InChI is InChI=1S/C33H30N4O8/c1-3-30(38)42-16-18-44-32(40)26(22-34)20-24-6-10-28(11-7-24)36-14-5-15-37(36)29-12-8-25(9-13-29)21-27(23-35)33(41)45-19-17-43-31(39)4-2/h3-4,6-13,20-21H,1-2,5,14-19H2/b26-20+,27-21+. The van der Waals surface area contributed by atoms with Crippen LogP contribution < -0.4 is 10.0 Å². The van der Waals surface area contributed by atoms with E-state index in [1.807, 2.05) is 36.4 Å². The van der Waals surface area contributed by atoms with Gasteiger partial charge in [-0.2, -0.15) is 10.5 Å². The first kappa shape index (κ1) is 33.4. The molecule has 12 heteroatoms. The summed E-state index contributed by atoms with van der Waals surface area (Å²) in [6.45, 7) is 7.38. The fourth-order valence-electron chi connectivity index (χ4n) is 4.07. The molecular formula is C33H30N4O8. The van der Waals surface area contributed by atoms with Gasteiger partial charge in [0, 0.05) is 25.2 Å². The summed E-state index contributed by atoms with van der Waals surface area (Å²) in [5, 5.41) is 23.0. The van der Waals surface area contributed by atoms with Gasteiger partial charge in [-0.15, -0.1) is 0 Å². The molecule has 0 bridgehead atoms. The maximum absolute atomic E-state index is 12.2.